The fourth-order valence-corrected chi connectivity index (χ4v) is 5.69. The summed E-state index contributed by atoms with van der Waals surface area (Å²) in [5, 5.41) is 12.8. The molecule has 2 aromatic carbocycles. The standard InChI is InChI=1S/C31H37N7O5S.ClH/c1-19-8-6-9-20(2)27(19)25-13-26(37-30(36-25)38-44(41,42)24-11-7-10-22(12-24)28(39)40)43-18-23(14-31(3,4)5)33-15-21-16-34-29(32)35-17-21;/h6-13,16-17,23,33H,14-15,18H2,1-5H3,(H,39,40)(H2,32,34,35)(H,36,37,38);1H/t23-;/m1./s1. The summed E-state index contributed by atoms with van der Waals surface area (Å²) in [6.45, 7) is 11.0. The van der Waals surface area contributed by atoms with Crippen molar-refractivity contribution in [3.05, 3.63) is 83.2 Å². The Morgan fingerprint density at radius 3 is 2.29 bits per heavy atom. The van der Waals surface area contributed by atoms with E-state index in [0.29, 0.717) is 12.2 Å². The molecule has 0 amide bonds. The van der Waals surface area contributed by atoms with Gasteiger partial charge in [0, 0.05) is 42.2 Å². The number of rotatable bonds is 12. The fraction of sp³-hybridized carbons (Fsp3) is 0.323. The molecule has 4 rings (SSSR count). The molecule has 0 saturated heterocycles. The summed E-state index contributed by atoms with van der Waals surface area (Å²) < 4.78 is 35.2. The number of nitrogen functional groups attached to an aromatic ring is 1. The number of hydrogen-bond acceptors (Lipinski definition) is 10. The molecule has 0 aliphatic rings. The van der Waals surface area contributed by atoms with Crippen molar-refractivity contribution in [3.63, 3.8) is 0 Å². The van der Waals surface area contributed by atoms with Crippen LogP contribution >= 0.6 is 12.4 Å². The van der Waals surface area contributed by atoms with E-state index in [9.17, 15) is 18.3 Å². The molecule has 5 N–H and O–H groups in total. The number of aryl methyl sites for hydroxylation is 2. The highest BCUT2D eigenvalue weighted by Crippen LogP contribution is 2.30. The van der Waals surface area contributed by atoms with E-state index in [0.717, 1.165) is 34.7 Å². The number of nitrogens with two attached hydrogens (primary N) is 1. The SMILES string of the molecule is Cc1cccc(C)c1-c1cc(OC[C@@H](CC(C)(C)C)NCc2cnc(N)nc2)nc(NS(=O)(=O)c2cccc(C(=O)O)c2)n1.Cl. The van der Waals surface area contributed by atoms with Gasteiger partial charge < -0.3 is 20.9 Å². The molecular formula is C31H38ClN7O5S. The number of hydrogen-bond donors (Lipinski definition) is 4. The fourth-order valence-electron chi connectivity index (χ4n) is 4.70. The quantitative estimate of drug-likeness (QED) is 0.161. The number of nitrogens with one attached hydrogen (secondary N) is 2. The second kappa shape index (κ2) is 14.6. The van der Waals surface area contributed by atoms with Crippen molar-refractivity contribution in [2.24, 2.45) is 5.41 Å². The van der Waals surface area contributed by atoms with E-state index in [-0.39, 0.29) is 58.7 Å². The zero-order valence-corrected chi connectivity index (χ0v) is 27.4. The summed E-state index contributed by atoms with van der Waals surface area (Å²) in [4.78, 5) is 28.2. The van der Waals surface area contributed by atoms with Gasteiger partial charge in [0.15, 0.2) is 0 Å². The van der Waals surface area contributed by atoms with Gasteiger partial charge in [-0.05, 0) is 55.0 Å². The van der Waals surface area contributed by atoms with E-state index >= 15 is 0 Å². The predicted molar refractivity (Wildman–Crippen MR) is 175 cm³/mol. The normalized spacial score (nSPS) is 12.2. The van der Waals surface area contributed by atoms with Gasteiger partial charge >= 0.3 is 5.97 Å². The van der Waals surface area contributed by atoms with Crippen molar-refractivity contribution in [2.75, 3.05) is 17.1 Å². The van der Waals surface area contributed by atoms with Gasteiger partial charge in [0.25, 0.3) is 10.0 Å². The average molecular weight is 656 g/mol. The van der Waals surface area contributed by atoms with Gasteiger partial charge in [0.05, 0.1) is 16.2 Å². The molecule has 14 heteroatoms. The molecule has 0 fully saturated rings. The van der Waals surface area contributed by atoms with Gasteiger partial charge in [-0.25, -0.2) is 32.9 Å². The van der Waals surface area contributed by atoms with Crippen LogP contribution in [0.4, 0.5) is 11.9 Å². The lowest BCUT2D eigenvalue weighted by atomic mass is 9.88. The Balaban J connectivity index is 0.00000552. The number of aromatic nitrogens is 4. The Hall–Kier alpha value is -4.33. The molecule has 0 bridgehead atoms. The number of halogens is 1. The van der Waals surface area contributed by atoms with Crippen LogP contribution in [0.1, 0.15) is 54.2 Å². The van der Waals surface area contributed by atoms with Crippen LogP contribution in [0.2, 0.25) is 0 Å². The third kappa shape index (κ3) is 9.83. The number of carbonyl (C=O) groups is 1. The minimum absolute atomic E-state index is 0. The second-order valence-electron chi connectivity index (χ2n) is 11.7. The third-order valence-electron chi connectivity index (χ3n) is 6.67. The first kappa shape index (κ1) is 35.2. The minimum Gasteiger partial charge on any atom is -0.478 e. The molecule has 0 aliphatic carbocycles. The number of carboxylic acid groups (broad SMARTS) is 1. The van der Waals surface area contributed by atoms with E-state index in [1.807, 2.05) is 32.0 Å². The van der Waals surface area contributed by atoms with Gasteiger partial charge in [-0.2, -0.15) is 4.98 Å². The molecule has 240 valence electrons. The first-order chi connectivity index (χ1) is 20.7. The van der Waals surface area contributed by atoms with Crippen molar-refractivity contribution >= 4 is 40.3 Å². The number of nitrogens with zero attached hydrogens (tertiary/aromatic N) is 4. The monoisotopic (exact) mass is 655 g/mol. The van der Waals surface area contributed by atoms with Gasteiger partial charge in [-0.3, -0.25) is 0 Å². The van der Waals surface area contributed by atoms with E-state index in [2.05, 4.69) is 50.7 Å². The number of benzene rings is 2. The number of aromatic carboxylic acids is 1. The largest absolute Gasteiger partial charge is 0.478 e. The van der Waals surface area contributed by atoms with Crippen LogP contribution in [0, 0.1) is 19.3 Å². The topological polar surface area (TPSA) is 182 Å². The minimum atomic E-state index is -4.23. The maximum Gasteiger partial charge on any atom is 0.335 e. The Labute approximate surface area is 269 Å². The lowest BCUT2D eigenvalue weighted by Crippen LogP contribution is -2.37. The van der Waals surface area contributed by atoms with Crippen LogP contribution in [0.3, 0.4) is 0 Å². The van der Waals surface area contributed by atoms with E-state index in [1.54, 1.807) is 18.5 Å². The van der Waals surface area contributed by atoms with Gasteiger partial charge in [0.1, 0.15) is 6.61 Å². The van der Waals surface area contributed by atoms with Crippen molar-refractivity contribution < 1.29 is 23.1 Å². The highest BCUT2D eigenvalue weighted by molar-refractivity contribution is 7.92. The Morgan fingerprint density at radius 1 is 1.02 bits per heavy atom. The molecule has 4 aromatic rings. The molecule has 0 aliphatic heterocycles. The van der Waals surface area contributed by atoms with Gasteiger partial charge in [-0.15, -0.1) is 12.4 Å². The summed E-state index contributed by atoms with van der Waals surface area (Å²) in [7, 11) is -4.23. The zero-order chi connectivity index (χ0) is 32.1. The first-order valence-electron chi connectivity index (χ1n) is 13.9. The molecule has 1 atom stereocenters. The molecule has 45 heavy (non-hydrogen) atoms. The van der Waals surface area contributed by atoms with Crippen LogP contribution in [0.25, 0.3) is 11.3 Å². The van der Waals surface area contributed by atoms with Crippen molar-refractivity contribution in [3.8, 4) is 17.1 Å². The Morgan fingerprint density at radius 2 is 1.67 bits per heavy atom. The average Bonchev–Trinajstić information content (AvgIpc) is 2.94. The Bertz CT molecular complexity index is 1730. The number of sulfonamides is 1. The summed E-state index contributed by atoms with van der Waals surface area (Å²) in [6, 6.07) is 12.4. The van der Waals surface area contributed by atoms with E-state index in [1.165, 1.54) is 18.2 Å². The van der Waals surface area contributed by atoms with Crippen molar-refractivity contribution in [2.45, 2.75) is 58.5 Å². The van der Waals surface area contributed by atoms with Crippen LogP contribution in [0.5, 0.6) is 5.88 Å². The zero-order valence-electron chi connectivity index (χ0n) is 25.7. The molecular weight excluding hydrogens is 618 g/mol. The highest BCUT2D eigenvalue weighted by Gasteiger charge is 2.22. The molecule has 0 spiro atoms. The van der Waals surface area contributed by atoms with E-state index < -0.39 is 16.0 Å². The summed E-state index contributed by atoms with van der Waals surface area (Å²) in [5.41, 5.74) is 9.46. The Kier molecular flexibility index (Phi) is 11.4. The van der Waals surface area contributed by atoms with Crippen LogP contribution in [-0.2, 0) is 16.6 Å². The molecule has 2 heterocycles. The smallest absolute Gasteiger partial charge is 0.335 e. The molecule has 12 nitrogen and oxygen atoms in total. The second-order valence-corrected chi connectivity index (χ2v) is 13.4. The summed E-state index contributed by atoms with van der Waals surface area (Å²) >= 11 is 0. The van der Waals surface area contributed by atoms with Crippen LogP contribution in [-0.4, -0.2) is 52.1 Å². The van der Waals surface area contributed by atoms with Crippen LogP contribution in [0.15, 0.2) is 65.8 Å². The van der Waals surface area contributed by atoms with Gasteiger partial charge in [0.2, 0.25) is 17.8 Å². The van der Waals surface area contributed by atoms with Gasteiger partial charge in [-0.1, -0.05) is 45.0 Å². The number of carboxylic acids is 1. The summed E-state index contributed by atoms with van der Waals surface area (Å²) in [6.07, 6.45) is 4.09. The van der Waals surface area contributed by atoms with Crippen molar-refractivity contribution in [1.29, 1.82) is 0 Å². The number of anilines is 2. The van der Waals surface area contributed by atoms with E-state index in [4.69, 9.17) is 10.5 Å². The van der Waals surface area contributed by atoms with Crippen molar-refractivity contribution in [1.82, 2.24) is 25.3 Å². The maximum absolute atomic E-state index is 13.3. The number of ether oxygens (including phenoxy) is 1. The van der Waals surface area contributed by atoms with Crippen LogP contribution < -0.4 is 20.5 Å². The maximum atomic E-state index is 13.3. The predicted octanol–water partition coefficient (Wildman–Crippen LogP) is 5.03. The molecule has 0 radical (unpaired) electrons. The highest BCUT2D eigenvalue weighted by atomic mass is 35.5. The third-order valence-corrected chi connectivity index (χ3v) is 7.99. The summed E-state index contributed by atoms with van der Waals surface area (Å²) in [5.74, 6) is -1.08. The lowest BCUT2D eigenvalue weighted by Gasteiger charge is -2.27. The molecule has 0 saturated carbocycles. The molecule has 0 unspecified atom stereocenters. The lowest BCUT2D eigenvalue weighted by molar-refractivity contribution is 0.0696. The molecule has 2 aromatic heterocycles. The first-order valence-corrected chi connectivity index (χ1v) is 15.4.